The van der Waals surface area contributed by atoms with Gasteiger partial charge in [-0.1, -0.05) is 6.92 Å². The lowest BCUT2D eigenvalue weighted by molar-refractivity contribution is -0.133. The third kappa shape index (κ3) is 2.71. The van der Waals surface area contributed by atoms with Gasteiger partial charge in [0.05, 0.1) is 18.7 Å². The maximum Gasteiger partial charge on any atom is 0.240 e. The smallest absolute Gasteiger partial charge is 0.240 e. The van der Waals surface area contributed by atoms with Crippen LogP contribution in [0.15, 0.2) is 0 Å². The zero-order valence-corrected chi connectivity index (χ0v) is 9.53. The highest BCUT2D eigenvalue weighted by atomic mass is 16.5. The molecule has 16 heavy (non-hydrogen) atoms. The van der Waals surface area contributed by atoms with Crippen LogP contribution in [0.25, 0.3) is 0 Å². The Bertz CT molecular complexity index is 275. The van der Waals surface area contributed by atoms with Crippen molar-refractivity contribution in [1.82, 2.24) is 5.32 Å². The van der Waals surface area contributed by atoms with Crippen molar-refractivity contribution >= 4 is 5.91 Å². The molecule has 0 unspecified atom stereocenters. The quantitative estimate of drug-likeness (QED) is 0.717. The summed E-state index contributed by atoms with van der Waals surface area (Å²) >= 11 is 0. The molecule has 5 heteroatoms. The van der Waals surface area contributed by atoms with E-state index in [1.54, 1.807) is 0 Å². The minimum absolute atomic E-state index is 0.0970. The Balaban J connectivity index is 2.65. The van der Waals surface area contributed by atoms with Gasteiger partial charge in [-0.25, -0.2) is 0 Å². The van der Waals surface area contributed by atoms with Crippen LogP contribution in [0.2, 0.25) is 0 Å². The maximum atomic E-state index is 12.0. The summed E-state index contributed by atoms with van der Waals surface area (Å²) in [6, 6.07) is 1.83. The van der Waals surface area contributed by atoms with Crippen LogP contribution in [0.5, 0.6) is 0 Å². The van der Waals surface area contributed by atoms with E-state index in [2.05, 4.69) is 11.4 Å². The highest BCUT2D eigenvalue weighted by Crippen LogP contribution is 2.30. The highest BCUT2D eigenvalue weighted by molar-refractivity contribution is 5.85. The van der Waals surface area contributed by atoms with Gasteiger partial charge in [-0.15, -0.1) is 0 Å². The molecule has 0 aliphatic carbocycles. The Morgan fingerprint density at radius 1 is 1.62 bits per heavy atom. The van der Waals surface area contributed by atoms with Crippen molar-refractivity contribution in [3.8, 4) is 6.07 Å². The minimum atomic E-state index is -0.971. The first kappa shape index (κ1) is 12.9. The molecule has 1 saturated heterocycles. The topological polar surface area (TPSA) is 82.4 Å². The molecule has 0 aromatic heterocycles. The third-order valence-corrected chi connectivity index (χ3v) is 3.04. The number of carbonyl (C=O) groups excluding carboxylic acids is 1. The Kier molecular flexibility index (Phi) is 4.71. The molecular weight excluding hydrogens is 208 g/mol. The fourth-order valence-electron chi connectivity index (χ4n) is 1.71. The number of carbonyl (C=O) groups is 1. The fourth-order valence-corrected chi connectivity index (χ4v) is 1.71. The first-order chi connectivity index (χ1) is 7.68. The number of hydrogen-bond donors (Lipinski definition) is 2. The number of nitrogens with one attached hydrogen (secondary N) is 1. The Hall–Kier alpha value is -1.12. The van der Waals surface area contributed by atoms with Crippen molar-refractivity contribution in [2.75, 3.05) is 19.8 Å². The lowest BCUT2D eigenvalue weighted by Gasteiger charge is -2.30. The number of nitrogens with zero attached hydrogens (tertiary/aromatic N) is 1. The molecule has 1 rings (SSSR count). The predicted molar refractivity (Wildman–Crippen MR) is 57.4 cm³/mol. The van der Waals surface area contributed by atoms with E-state index in [0.29, 0.717) is 32.5 Å². The van der Waals surface area contributed by atoms with Crippen molar-refractivity contribution in [3.05, 3.63) is 0 Å². The van der Waals surface area contributed by atoms with E-state index >= 15 is 0 Å². The van der Waals surface area contributed by atoms with Gasteiger partial charge in [0, 0.05) is 13.2 Å². The average Bonchev–Trinajstić information content (AvgIpc) is 2.36. The number of hydrogen-bond acceptors (Lipinski definition) is 4. The van der Waals surface area contributed by atoms with Crippen molar-refractivity contribution in [2.45, 2.75) is 32.2 Å². The summed E-state index contributed by atoms with van der Waals surface area (Å²) < 4.78 is 5.15. The molecule has 1 aliphatic rings. The Morgan fingerprint density at radius 2 is 2.25 bits per heavy atom. The highest BCUT2D eigenvalue weighted by Gasteiger charge is 2.40. The summed E-state index contributed by atoms with van der Waals surface area (Å²) in [6.07, 6.45) is 1.51. The van der Waals surface area contributed by atoms with Gasteiger partial charge in [0.1, 0.15) is 5.41 Å². The monoisotopic (exact) mass is 226 g/mol. The van der Waals surface area contributed by atoms with Gasteiger partial charge >= 0.3 is 0 Å². The minimum Gasteiger partial charge on any atom is -0.394 e. The van der Waals surface area contributed by atoms with Crippen LogP contribution in [0, 0.1) is 16.7 Å². The zero-order chi connectivity index (χ0) is 12.0. The molecule has 5 nitrogen and oxygen atoms in total. The largest absolute Gasteiger partial charge is 0.394 e. The van der Waals surface area contributed by atoms with E-state index in [1.165, 1.54) is 0 Å². The summed E-state index contributed by atoms with van der Waals surface area (Å²) in [6.45, 7) is 2.66. The molecule has 0 aromatic carbocycles. The normalized spacial score (nSPS) is 20.8. The molecule has 1 atom stereocenters. The fraction of sp³-hybridized carbons (Fsp3) is 0.818. The lowest BCUT2D eigenvalue weighted by atomic mass is 9.80. The molecule has 2 N–H and O–H groups in total. The van der Waals surface area contributed by atoms with E-state index in [-0.39, 0.29) is 18.6 Å². The van der Waals surface area contributed by atoms with Crippen LogP contribution in [0.4, 0.5) is 0 Å². The second-order valence-corrected chi connectivity index (χ2v) is 4.07. The lowest BCUT2D eigenvalue weighted by Crippen LogP contribution is -2.48. The molecule has 0 aromatic rings. The van der Waals surface area contributed by atoms with Crippen molar-refractivity contribution in [3.63, 3.8) is 0 Å². The van der Waals surface area contributed by atoms with Gasteiger partial charge < -0.3 is 15.2 Å². The van der Waals surface area contributed by atoms with Gasteiger partial charge in [0.25, 0.3) is 0 Å². The first-order valence-electron chi connectivity index (χ1n) is 5.59. The van der Waals surface area contributed by atoms with Crippen LogP contribution in [0.3, 0.4) is 0 Å². The summed E-state index contributed by atoms with van der Waals surface area (Å²) in [4.78, 5) is 12.0. The van der Waals surface area contributed by atoms with Crippen LogP contribution in [-0.4, -0.2) is 36.9 Å². The van der Waals surface area contributed by atoms with Gasteiger partial charge in [-0.3, -0.25) is 4.79 Å². The second-order valence-electron chi connectivity index (χ2n) is 4.07. The number of ether oxygens (including phenoxy) is 1. The van der Waals surface area contributed by atoms with Gasteiger partial charge in [0.2, 0.25) is 5.91 Å². The van der Waals surface area contributed by atoms with E-state index in [0.717, 1.165) is 0 Å². The van der Waals surface area contributed by atoms with Crippen LogP contribution < -0.4 is 5.32 Å². The number of amides is 1. The number of rotatable bonds is 4. The molecule has 0 bridgehead atoms. The standard InChI is InChI=1S/C11H18N2O3/c1-2-9(7-14)13-10(15)11(8-12)3-5-16-6-4-11/h9,14H,2-7H2,1H3,(H,13,15)/t9-/m0/s1. The molecule has 0 spiro atoms. The SMILES string of the molecule is CC[C@@H](CO)NC(=O)C1(C#N)CCOCC1. The summed E-state index contributed by atoms with van der Waals surface area (Å²) in [5.74, 6) is -0.279. The summed E-state index contributed by atoms with van der Waals surface area (Å²) in [5, 5.41) is 20.9. The molecule has 90 valence electrons. The van der Waals surface area contributed by atoms with E-state index in [4.69, 9.17) is 15.1 Å². The number of aliphatic hydroxyl groups is 1. The van der Waals surface area contributed by atoms with Crippen LogP contribution in [-0.2, 0) is 9.53 Å². The van der Waals surface area contributed by atoms with Gasteiger partial charge in [-0.05, 0) is 19.3 Å². The average molecular weight is 226 g/mol. The van der Waals surface area contributed by atoms with Crippen LogP contribution >= 0.6 is 0 Å². The Labute approximate surface area is 95.4 Å². The first-order valence-corrected chi connectivity index (χ1v) is 5.59. The number of aliphatic hydroxyl groups excluding tert-OH is 1. The van der Waals surface area contributed by atoms with Gasteiger partial charge in [-0.2, -0.15) is 5.26 Å². The molecule has 0 saturated carbocycles. The Morgan fingerprint density at radius 3 is 2.69 bits per heavy atom. The molecule has 0 radical (unpaired) electrons. The van der Waals surface area contributed by atoms with Crippen LogP contribution in [0.1, 0.15) is 26.2 Å². The molecule has 1 heterocycles. The molecule has 1 fully saturated rings. The van der Waals surface area contributed by atoms with Crippen molar-refractivity contribution in [1.29, 1.82) is 5.26 Å². The maximum absolute atomic E-state index is 12.0. The molecule has 1 aliphatic heterocycles. The summed E-state index contributed by atoms with van der Waals surface area (Å²) in [5.41, 5.74) is -0.971. The third-order valence-electron chi connectivity index (χ3n) is 3.04. The summed E-state index contributed by atoms with van der Waals surface area (Å²) in [7, 11) is 0. The van der Waals surface area contributed by atoms with E-state index < -0.39 is 5.41 Å². The molecular formula is C11H18N2O3. The number of nitriles is 1. The van der Waals surface area contributed by atoms with Gasteiger partial charge in [0.15, 0.2) is 0 Å². The zero-order valence-electron chi connectivity index (χ0n) is 9.53. The van der Waals surface area contributed by atoms with Crippen molar-refractivity contribution < 1.29 is 14.6 Å². The predicted octanol–water partition coefficient (Wildman–Crippen LogP) is 0.194. The van der Waals surface area contributed by atoms with E-state index in [9.17, 15) is 4.79 Å². The molecule has 1 amide bonds. The van der Waals surface area contributed by atoms with E-state index in [1.807, 2.05) is 6.92 Å². The second kappa shape index (κ2) is 5.83. The van der Waals surface area contributed by atoms with Crippen molar-refractivity contribution in [2.24, 2.45) is 5.41 Å².